The van der Waals surface area contributed by atoms with Gasteiger partial charge in [0.25, 0.3) is 0 Å². The van der Waals surface area contributed by atoms with Crippen LogP contribution in [0.1, 0.15) is 35.4 Å². The van der Waals surface area contributed by atoms with Crippen LogP contribution in [0.5, 0.6) is 0 Å². The van der Waals surface area contributed by atoms with Crippen LogP contribution < -0.4 is 0 Å². The van der Waals surface area contributed by atoms with E-state index in [4.69, 9.17) is 0 Å². The van der Waals surface area contributed by atoms with Crippen LogP contribution in [0.25, 0.3) is 0 Å². The molecule has 0 saturated heterocycles. The summed E-state index contributed by atoms with van der Waals surface area (Å²) >= 11 is 0. The van der Waals surface area contributed by atoms with Crippen molar-refractivity contribution in [3.05, 3.63) is 71.3 Å². The van der Waals surface area contributed by atoms with Crippen LogP contribution in [0, 0.1) is 5.41 Å². The third-order valence-electron chi connectivity index (χ3n) is 5.25. The first-order chi connectivity index (χ1) is 10.7. The molecule has 0 N–H and O–H groups in total. The third kappa shape index (κ3) is 1.87. The first-order valence-electron chi connectivity index (χ1n) is 7.90. The second-order valence-electron chi connectivity index (χ2n) is 6.50. The standard InChI is InChI=1S/C20H18O2/c21-18-11-10-17-16-9-5-4-8-15(16)13-20(18,19(17)22)12-14-6-2-1-3-7-14/h1-9,17H,10-13H2/t17-,20-/m0/s1. The van der Waals surface area contributed by atoms with Gasteiger partial charge in [-0.05, 0) is 36.0 Å². The van der Waals surface area contributed by atoms with Gasteiger partial charge >= 0.3 is 0 Å². The second kappa shape index (κ2) is 4.91. The zero-order valence-electron chi connectivity index (χ0n) is 12.4. The molecule has 0 heterocycles. The number of ketones is 2. The molecule has 2 aromatic carbocycles. The summed E-state index contributed by atoms with van der Waals surface area (Å²) in [5.74, 6) is 0.185. The molecular formula is C20H18O2. The van der Waals surface area contributed by atoms with Crippen LogP contribution in [-0.4, -0.2) is 11.6 Å². The van der Waals surface area contributed by atoms with E-state index in [0.29, 0.717) is 25.7 Å². The molecule has 2 nitrogen and oxygen atoms in total. The van der Waals surface area contributed by atoms with Gasteiger partial charge in [0.15, 0.2) is 5.78 Å². The molecule has 2 aliphatic rings. The number of Topliss-reactive ketones (excluding diaryl/α,β-unsaturated/α-hetero) is 2. The average Bonchev–Trinajstić information content (AvgIpc) is 2.54. The highest BCUT2D eigenvalue weighted by molar-refractivity contribution is 6.13. The lowest BCUT2D eigenvalue weighted by Crippen LogP contribution is -2.52. The van der Waals surface area contributed by atoms with E-state index < -0.39 is 5.41 Å². The van der Waals surface area contributed by atoms with E-state index in [1.165, 1.54) is 5.56 Å². The van der Waals surface area contributed by atoms with Crippen molar-refractivity contribution in [3.8, 4) is 0 Å². The predicted molar refractivity (Wildman–Crippen MR) is 84.7 cm³/mol. The van der Waals surface area contributed by atoms with Crippen LogP contribution in [0.4, 0.5) is 0 Å². The van der Waals surface area contributed by atoms with E-state index >= 15 is 0 Å². The number of hydrogen-bond acceptors (Lipinski definition) is 2. The van der Waals surface area contributed by atoms with E-state index in [1.807, 2.05) is 42.5 Å². The number of carbonyl (C=O) groups is 2. The fourth-order valence-electron chi connectivity index (χ4n) is 4.15. The van der Waals surface area contributed by atoms with E-state index in [0.717, 1.165) is 11.1 Å². The molecule has 0 amide bonds. The Kier molecular flexibility index (Phi) is 3.00. The molecule has 2 aliphatic carbocycles. The molecule has 4 rings (SSSR count). The number of carbonyl (C=O) groups excluding carboxylic acids is 2. The maximum atomic E-state index is 13.1. The molecule has 110 valence electrons. The van der Waals surface area contributed by atoms with Gasteiger partial charge in [0.05, 0.1) is 5.41 Å². The molecule has 1 saturated carbocycles. The quantitative estimate of drug-likeness (QED) is 0.793. The Morgan fingerprint density at radius 2 is 1.68 bits per heavy atom. The first-order valence-corrected chi connectivity index (χ1v) is 7.90. The lowest BCUT2D eigenvalue weighted by atomic mass is 9.56. The SMILES string of the molecule is O=C1CC[C@@H]2C(=O)[C@@]1(Cc1ccccc1)Cc1ccccc12. The minimum atomic E-state index is -0.835. The monoisotopic (exact) mass is 290 g/mol. The van der Waals surface area contributed by atoms with Crippen molar-refractivity contribution in [2.45, 2.75) is 31.6 Å². The molecule has 2 atom stereocenters. The Morgan fingerprint density at radius 1 is 0.955 bits per heavy atom. The van der Waals surface area contributed by atoms with Gasteiger partial charge in [0, 0.05) is 12.3 Å². The van der Waals surface area contributed by atoms with Crippen molar-refractivity contribution in [2.24, 2.45) is 5.41 Å². The van der Waals surface area contributed by atoms with Gasteiger partial charge in [-0.25, -0.2) is 0 Å². The van der Waals surface area contributed by atoms with Crippen molar-refractivity contribution in [2.75, 3.05) is 0 Å². The summed E-state index contributed by atoms with van der Waals surface area (Å²) in [4.78, 5) is 25.8. The largest absolute Gasteiger partial charge is 0.299 e. The molecule has 2 bridgehead atoms. The van der Waals surface area contributed by atoms with Crippen LogP contribution >= 0.6 is 0 Å². The number of rotatable bonds is 2. The Labute approximate surface area is 130 Å². The van der Waals surface area contributed by atoms with Gasteiger partial charge in [0.1, 0.15) is 5.78 Å². The van der Waals surface area contributed by atoms with Crippen molar-refractivity contribution in [1.82, 2.24) is 0 Å². The summed E-state index contributed by atoms with van der Waals surface area (Å²) in [6.45, 7) is 0. The van der Waals surface area contributed by atoms with Crippen molar-refractivity contribution >= 4 is 11.6 Å². The van der Waals surface area contributed by atoms with E-state index in [-0.39, 0.29) is 17.5 Å². The molecule has 0 spiro atoms. The van der Waals surface area contributed by atoms with Crippen molar-refractivity contribution < 1.29 is 9.59 Å². The first kappa shape index (κ1) is 13.4. The van der Waals surface area contributed by atoms with E-state index in [9.17, 15) is 9.59 Å². The number of benzene rings is 2. The fraction of sp³-hybridized carbons (Fsp3) is 0.300. The Hall–Kier alpha value is -2.22. The normalized spacial score (nSPS) is 26.6. The minimum absolute atomic E-state index is 0.0913. The maximum absolute atomic E-state index is 13.1. The Bertz CT molecular complexity index is 747. The zero-order chi connectivity index (χ0) is 15.2. The van der Waals surface area contributed by atoms with Crippen LogP contribution in [0.2, 0.25) is 0 Å². The molecule has 2 aromatic rings. The Morgan fingerprint density at radius 3 is 2.50 bits per heavy atom. The van der Waals surface area contributed by atoms with Gasteiger partial charge in [0.2, 0.25) is 0 Å². The van der Waals surface area contributed by atoms with Crippen molar-refractivity contribution in [1.29, 1.82) is 0 Å². The summed E-state index contributed by atoms with van der Waals surface area (Å²) in [5, 5.41) is 0. The molecule has 1 fully saturated rings. The molecule has 0 aromatic heterocycles. The smallest absolute Gasteiger partial charge is 0.154 e. The summed E-state index contributed by atoms with van der Waals surface area (Å²) in [5.41, 5.74) is 2.56. The van der Waals surface area contributed by atoms with Crippen LogP contribution in [0.15, 0.2) is 54.6 Å². The van der Waals surface area contributed by atoms with Crippen LogP contribution in [-0.2, 0) is 22.4 Å². The molecule has 22 heavy (non-hydrogen) atoms. The zero-order valence-corrected chi connectivity index (χ0v) is 12.4. The summed E-state index contributed by atoms with van der Waals surface area (Å²) in [6, 6.07) is 18.1. The van der Waals surface area contributed by atoms with Gasteiger partial charge in [-0.15, -0.1) is 0 Å². The molecule has 2 heteroatoms. The third-order valence-corrected chi connectivity index (χ3v) is 5.25. The molecule has 0 unspecified atom stereocenters. The second-order valence-corrected chi connectivity index (χ2v) is 6.50. The molecule has 0 aliphatic heterocycles. The lowest BCUT2D eigenvalue weighted by molar-refractivity contribution is -0.146. The highest BCUT2D eigenvalue weighted by atomic mass is 16.2. The summed E-state index contributed by atoms with van der Waals surface area (Å²) in [6.07, 6.45) is 2.30. The maximum Gasteiger partial charge on any atom is 0.154 e. The molecular weight excluding hydrogens is 272 g/mol. The van der Waals surface area contributed by atoms with Crippen molar-refractivity contribution in [3.63, 3.8) is 0 Å². The van der Waals surface area contributed by atoms with Crippen LogP contribution in [0.3, 0.4) is 0 Å². The van der Waals surface area contributed by atoms with Gasteiger partial charge in [-0.1, -0.05) is 54.6 Å². The number of fused-ring (bicyclic) bond motifs is 4. The predicted octanol–water partition coefficient (Wildman–Crippen LogP) is 3.49. The van der Waals surface area contributed by atoms with E-state index in [1.54, 1.807) is 0 Å². The molecule has 0 radical (unpaired) electrons. The topological polar surface area (TPSA) is 34.1 Å². The summed E-state index contributed by atoms with van der Waals surface area (Å²) < 4.78 is 0. The highest BCUT2D eigenvalue weighted by Crippen LogP contribution is 2.48. The van der Waals surface area contributed by atoms with Gasteiger partial charge in [-0.3, -0.25) is 9.59 Å². The van der Waals surface area contributed by atoms with E-state index in [2.05, 4.69) is 12.1 Å². The lowest BCUT2D eigenvalue weighted by Gasteiger charge is -2.43. The number of hydrogen-bond donors (Lipinski definition) is 0. The Balaban J connectivity index is 1.82. The summed E-state index contributed by atoms with van der Waals surface area (Å²) in [7, 11) is 0. The highest BCUT2D eigenvalue weighted by Gasteiger charge is 2.54. The van der Waals surface area contributed by atoms with Gasteiger partial charge < -0.3 is 0 Å². The average molecular weight is 290 g/mol. The van der Waals surface area contributed by atoms with Gasteiger partial charge in [-0.2, -0.15) is 0 Å². The fourth-order valence-corrected chi connectivity index (χ4v) is 4.15. The minimum Gasteiger partial charge on any atom is -0.299 e.